The Labute approximate surface area is 164 Å². The van der Waals surface area contributed by atoms with Crippen LogP contribution < -0.4 is 5.32 Å². The number of hydrogen-bond acceptors (Lipinski definition) is 5. The van der Waals surface area contributed by atoms with E-state index in [1.807, 2.05) is 6.92 Å². The highest BCUT2D eigenvalue weighted by Gasteiger charge is 2.20. The number of benzene rings is 1. The molecule has 2 aromatic heterocycles. The first kappa shape index (κ1) is 19.7. The Balaban J connectivity index is 1.69. The highest BCUT2D eigenvalue weighted by Crippen LogP contribution is 2.24. The molecule has 3 aromatic rings. The Morgan fingerprint density at radius 1 is 1.04 bits per heavy atom. The number of carbonyl (C=O) groups excluding carboxylic acids is 1. The Morgan fingerprint density at radius 2 is 1.57 bits per heavy atom. The van der Waals surface area contributed by atoms with Crippen LogP contribution in [0.3, 0.4) is 0 Å². The van der Waals surface area contributed by atoms with E-state index in [9.17, 15) is 4.79 Å². The first-order chi connectivity index (χ1) is 13.3. The van der Waals surface area contributed by atoms with Gasteiger partial charge in [-0.15, -0.1) is 0 Å². The Hall–Kier alpha value is -3.09. The van der Waals surface area contributed by atoms with Gasteiger partial charge in [0.15, 0.2) is 12.8 Å². The molecule has 2 amide bonds. The minimum Gasteiger partial charge on any atom is -0.451 e. The molecule has 3 rings (SSSR count). The summed E-state index contributed by atoms with van der Waals surface area (Å²) in [6.07, 6.45) is 5.75. The minimum absolute atomic E-state index is 0.0942. The summed E-state index contributed by atoms with van der Waals surface area (Å²) < 4.78 is 10.0. The third-order valence-corrected chi connectivity index (χ3v) is 4.58. The van der Waals surface area contributed by atoms with Crippen LogP contribution in [0.4, 0.5) is 4.79 Å². The normalized spacial score (nSPS) is 12.6. The van der Waals surface area contributed by atoms with Gasteiger partial charge in [0.05, 0.1) is 30.5 Å². The average Bonchev–Trinajstić information content (AvgIpc) is 3.34. The molecule has 1 atom stereocenters. The molecule has 2 heterocycles. The fourth-order valence-electron chi connectivity index (χ4n) is 2.85. The molecule has 148 valence electrons. The number of amides is 2. The van der Waals surface area contributed by atoms with Crippen LogP contribution in [0.5, 0.6) is 0 Å². The van der Waals surface area contributed by atoms with E-state index in [2.05, 4.69) is 60.3 Å². The Morgan fingerprint density at radius 3 is 2.00 bits per heavy atom. The molecule has 0 spiro atoms. The van der Waals surface area contributed by atoms with Crippen molar-refractivity contribution in [1.29, 1.82) is 0 Å². The second kappa shape index (κ2) is 8.29. The molecule has 0 aliphatic heterocycles. The van der Waals surface area contributed by atoms with Gasteiger partial charge in [-0.2, -0.15) is 0 Å². The lowest BCUT2D eigenvalue weighted by Gasteiger charge is -2.25. The SMILES string of the molecule is CC(NC(=O)N(Cc1cocn1)Cc1cocn1)c1ccc(C(C)(C)C)cc1. The van der Waals surface area contributed by atoms with Crippen LogP contribution >= 0.6 is 0 Å². The summed E-state index contributed by atoms with van der Waals surface area (Å²) in [4.78, 5) is 22.7. The molecule has 0 saturated heterocycles. The summed E-state index contributed by atoms with van der Waals surface area (Å²) in [5.74, 6) is 0. The summed E-state index contributed by atoms with van der Waals surface area (Å²) >= 11 is 0. The van der Waals surface area contributed by atoms with Gasteiger partial charge in [-0.25, -0.2) is 14.8 Å². The molecule has 1 unspecified atom stereocenters. The number of carbonyl (C=O) groups is 1. The van der Waals surface area contributed by atoms with E-state index in [-0.39, 0.29) is 17.5 Å². The van der Waals surface area contributed by atoms with Crippen LogP contribution in [-0.2, 0) is 18.5 Å². The van der Waals surface area contributed by atoms with Crippen molar-refractivity contribution < 1.29 is 13.6 Å². The van der Waals surface area contributed by atoms with E-state index in [4.69, 9.17) is 8.83 Å². The van der Waals surface area contributed by atoms with Crippen molar-refractivity contribution >= 4 is 6.03 Å². The average molecular weight is 382 g/mol. The minimum atomic E-state index is -0.210. The predicted molar refractivity (Wildman–Crippen MR) is 104 cm³/mol. The predicted octanol–water partition coefficient (Wildman–Crippen LogP) is 4.43. The van der Waals surface area contributed by atoms with Crippen molar-refractivity contribution in [3.8, 4) is 0 Å². The third kappa shape index (κ3) is 5.00. The van der Waals surface area contributed by atoms with E-state index in [1.165, 1.54) is 30.9 Å². The van der Waals surface area contributed by atoms with Gasteiger partial charge in [-0.3, -0.25) is 0 Å². The molecule has 0 radical (unpaired) electrons. The van der Waals surface area contributed by atoms with Gasteiger partial charge >= 0.3 is 6.03 Å². The number of oxazole rings is 2. The first-order valence-corrected chi connectivity index (χ1v) is 9.23. The number of aromatic nitrogens is 2. The zero-order valence-corrected chi connectivity index (χ0v) is 16.7. The van der Waals surface area contributed by atoms with E-state index in [0.717, 1.165) is 5.56 Å². The van der Waals surface area contributed by atoms with Gasteiger partial charge in [0.25, 0.3) is 0 Å². The lowest BCUT2D eigenvalue weighted by atomic mass is 9.86. The van der Waals surface area contributed by atoms with Gasteiger partial charge in [-0.1, -0.05) is 45.0 Å². The van der Waals surface area contributed by atoms with E-state index in [1.54, 1.807) is 4.90 Å². The molecule has 1 aromatic carbocycles. The molecule has 0 bridgehead atoms. The number of urea groups is 1. The lowest BCUT2D eigenvalue weighted by molar-refractivity contribution is 0.187. The van der Waals surface area contributed by atoms with Crippen molar-refractivity contribution in [3.05, 3.63) is 72.1 Å². The Kier molecular flexibility index (Phi) is 5.82. The molecular weight excluding hydrogens is 356 g/mol. The van der Waals surface area contributed by atoms with Crippen molar-refractivity contribution in [2.75, 3.05) is 0 Å². The van der Waals surface area contributed by atoms with Crippen LogP contribution in [-0.4, -0.2) is 20.9 Å². The highest BCUT2D eigenvalue weighted by molar-refractivity contribution is 5.74. The molecule has 0 aliphatic rings. The van der Waals surface area contributed by atoms with Gasteiger partial charge in [0.1, 0.15) is 12.5 Å². The summed E-state index contributed by atoms with van der Waals surface area (Å²) in [7, 11) is 0. The quantitative estimate of drug-likeness (QED) is 0.681. The van der Waals surface area contributed by atoms with Gasteiger partial charge in [0.2, 0.25) is 0 Å². The van der Waals surface area contributed by atoms with Gasteiger partial charge < -0.3 is 19.1 Å². The van der Waals surface area contributed by atoms with Crippen LogP contribution in [0.2, 0.25) is 0 Å². The van der Waals surface area contributed by atoms with Gasteiger partial charge in [0, 0.05) is 0 Å². The van der Waals surface area contributed by atoms with Crippen molar-refractivity contribution in [2.45, 2.75) is 52.2 Å². The van der Waals surface area contributed by atoms with Crippen molar-refractivity contribution in [2.24, 2.45) is 0 Å². The zero-order valence-electron chi connectivity index (χ0n) is 16.7. The second-order valence-electron chi connectivity index (χ2n) is 7.86. The molecule has 0 saturated carbocycles. The standard InChI is InChI=1S/C21H26N4O3/c1-15(16-5-7-17(8-6-16)21(2,3)4)24-20(26)25(9-18-11-27-13-22-18)10-19-12-28-14-23-19/h5-8,11-15H,9-10H2,1-4H3,(H,24,26). The second-order valence-corrected chi connectivity index (χ2v) is 7.86. The summed E-state index contributed by atoms with van der Waals surface area (Å²) in [6, 6.07) is 7.99. The smallest absolute Gasteiger partial charge is 0.318 e. The van der Waals surface area contributed by atoms with E-state index in [0.29, 0.717) is 24.5 Å². The number of rotatable bonds is 6. The molecular formula is C21H26N4O3. The fraction of sp³-hybridized carbons (Fsp3) is 0.381. The summed E-state index contributed by atoms with van der Waals surface area (Å²) in [6.45, 7) is 9.13. The number of nitrogens with zero attached hydrogens (tertiary/aromatic N) is 3. The van der Waals surface area contributed by atoms with Crippen LogP contribution in [0.1, 0.15) is 56.3 Å². The maximum Gasteiger partial charge on any atom is 0.318 e. The van der Waals surface area contributed by atoms with Crippen molar-refractivity contribution in [1.82, 2.24) is 20.2 Å². The topological polar surface area (TPSA) is 84.4 Å². The fourth-order valence-corrected chi connectivity index (χ4v) is 2.85. The Bertz CT molecular complexity index is 829. The first-order valence-electron chi connectivity index (χ1n) is 9.23. The molecule has 0 aliphatic carbocycles. The third-order valence-electron chi connectivity index (χ3n) is 4.58. The van der Waals surface area contributed by atoms with Crippen LogP contribution in [0.25, 0.3) is 0 Å². The summed E-state index contributed by atoms with van der Waals surface area (Å²) in [5.41, 5.74) is 3.73. The molecule has 7 nitrogen and oxygen atoms in total. The maximum atomic E-state index is 12.9. The van der Waals surface area contributed by atoms with Crippen molar-refractivity contribution in [3.63, 3.8) is 0 Å². The molecule has 0 fully saturated rings. The number of hydrogen-bond donors (Lipinski definition) is 1. The largest absolute Gasteiger partial charge is 0.451 e. The highest BCUT2D eigenvalue weighted by atomic mass is 16.3. The number of nitrogens with one attached hydrogen (secondary N) is 1. The maximum absolute atomic E-state index is 12.9. The monoisotopic (exact) mass is 382 g/mol. The zero-order chi connectivity index (χ0) is 20.1. The summed E-state index contributed by atoms with van der Waals surface area (Å²) in [5, 5.41) is 3.05. The van der Waals surface area contributed by atoms with Crippen LogP contribution in [0.15, 0.2) is 58.4 Å². The molecule has 1 N–H and O–H groups in total. The van der Waals surface area contributed by atoms with E-state index < -0.39 is 0 Å². The van der Waals surface area contributed by atoms with Gasteiger partial charge in [-0.05, 0) is 23.5 Å². The van der Waals surface area contributed by atoms with Crippen LogP contribution in [0, 0.1) is 0 Å². The molecule has 28 heavy (non-hydrogen) atoms. The molecule has 7 heteroatoms. The van der Waals surface area contributed by atoms with E-state index >= 15 is 0 Å². The lowest BCUT2D eigenvalue weighted by Crippen LogP contribution is -2.40.